The van der Waals surface area contributed by atoms with Gasteiger partial charge in [-0.25, -0.2) is 4.98 Å². The zero-order chi connectivity index (χ0) is 12.3. The number of hydrogen-bond acceptors (Lipinski definition) is 5. The minimum atomic E-state index is -0.523. The molecule has 0 spiro atoms. The van der Waals surface area contributed by atoms with Crippen LogP contribution in [-0.2, 0) is 6.54 Å². The Morgan fingerprint density at radius 2 is 2.47 bits per heavy atom. The number of thioether (sulfide) groups is 1. The van der Waals surface area contributed by atoms with E-state index in [2.05, 4.69) is 4.98 Å². The van der Waals surface area contributed by atoms with Crippen molar-refractivity contribution in [2.75, 3.05) is 12.3 Å². The van der Waals surface area contributed by atoms with Gasteiger partial charge in [-0.3, -0.25) is 10.1 Å². The summed E-state index contributed by atoms with van der Waals surface area (Å²) in [5.41, 5.74) is 0.836. The summed E-state index contributed by atoms with van der Waals surface area (Å²) in [5.74, 6) is 0.305. The van der Waals surface area contributed by atoms with Crippen molar-refractivity contribution in [3.05, 3.63) is 51.2 Å². The molecule has 0 bridgehead atoms. The molecular weight excluding hydrogens is 245 g/mol. The van der Waals surface area contributed by atoms with Crippen LogP contribution in [0.25, 0.3) is 0 Å². The smallest absolute Gasteiger partial charge is 0.264 e. The highest BCUT2D eigenvalue weighted by Gasteiger charge is 2.20. The average Bonchev–Trinajstić information content (AvgIpc) is 2.68. The first-order chi connectivity index (χ1) is 8.15. The molecule has 2 heterocycles. The largest absolute Gasteiger partial charge is 0.356 e. The summed E-state index contributed by atoms with van der Waals surface area (Å²) in [4.78, 5) is 15.4. The van der Waals surface area contributed by atoms with Crippen molar-refractivity contribution in [1.29, 1.82) is 0 Å². The molecule has 7 heteroatoms. The third kappa shape index (κ3) is 3.16. The molecule has 1 aliphatic heterocycles. The van der Waals surface area contributed by atoms with E-state index in [4.69, 9.17) is 0 Å². The predicted octanol–water partition coefficient (Wildman–Crippen LogP) is 1.85. The Morgan fingerprint density at radius 1 is 1.65 bits per heavy atom. The van der Waals surface area contributed by atoms with E-state index in [1.54, 1.807) is 6.07 Å². The van der Waals surface area contributed by atoms with Gasteiger partial charge < -0.3 is 4.90 Å². The first kappa shape index (κ1) is 11.8. The lowest BCUT2D eigenvalue weighted by Gasteiger charge is -2.16. The van der Waals surface area contributed by atoms with Gasteiger partial charge >= 0.3 is 0 Å². The maximum atomic E-state index is 12.6. The van der Waals surface area contributed by atoms with E-state index >= 15 is 0 Å². The van der Waals surface area contributed by atoms with E-state index in [1.807, 2.05) is 4.90 Å². The first-order valence-corrected chi connectivity index (χ1v) is 5.97. The van der Waals surface area contributed by atoms with E-state index in [0.29, 0.717) is 11.6 Å². The summed E-state index contributed by atoms with van der Waals surface area (Å²) < 4.78 is 12.6. The van der Waals surface area contributed by atoms with Crippen LogP contribution in [0, 0.1) is 16.1 Å². The van der Waals surface area contributed by atoms with Crippen molar-refractivity contribution >= 4 is 11.8 Å². The van der Waals surface area contributed by atoms with Crippen LogP contribution >= 0.6 is 11.8 Å². The molecule has 17 heavy (non-hydrogen) atoms. The van der Waals surface area contributed by atoms with Crippen LogP contribution in [0.3, 0.4) is 0 Å². The molecule has 2 rings (SSSR count). The van der Waals surface area contributed by atoms with Gasteiger partial charge in [0, 0.05) is 25.0 Å². The number of aromatic nitrogens is 1. The van der Waals surface area contributed by atoms with Crippen molar-refractivity contribution in [3.8, 4) is 0 Å². The van der Waals surface area contributed by atoms with E-state index in [9.17, 15) is 14.5 Å². The van der Waals surface area contributed by atoms with Crippen LogP contribution < -0.4 is 0 Å². The zero-order valence-electron chi connectivity index (χ0n) is 8.88. The van der Waals surface area contributed by atoms with Crippen LogP contribution in [0.5, 0.6) is 0 Å². The Bertz CT molecular complexity index is 449. The van der Waals surface area contributed by atoms with E-state index < -0.39 is 10.9 Å². The fourth-order valence-electron chi connectivity index (χ4n) is 1.55. The van der Waals surface area contributed by atoms with Crippen LogP contribution in [-0.4, -0.2) is 27.1 Å². The van der Waals surface area contributed by atoms with Gasteiger partial charge in [0.2, 0.25) is 5.95 Å². The monoisotopic (exact) mass is 255 g/mol. The van der Waals surface area contributed by atoms with Crippen LogP contribution in [0.2, 0.25) is 0 Å². The Labute approximate surface area is 101 Å². The number of halogens is 1. The normalized spacial score (nSPS) is 17.7. The third-order valence-corrected chi connectivity index (χ3v) is 3.35. The highest BCUT2D eigenvalue weighted by molar-refractivity contribution is 8.03. The molecule has 0 saturated carbocycles. The van der Waals surface area contributed by atoms with Crippen LogP contribution in [0.15, 0.2) is 29.6 Å². The van der Waals surface area contributed by atoms with Gasteiger partial charge in [0.15, 0.2) is 0 Å². The summed E-state index contributed by atoms with van der Waals surface area (Å²) in [6, 6.07) is 2.92. The van der Waals surface area contributed by atoms with E-state index in [1.165, 1.54) is 24.0 Å². The van der Waals surface area contributed by atoms with Crippen LogP contribution in [0.1, 0.15) is 5.56 Å². The fraction of sp³-hybridized carbons (Fsp3) is 0.300. The predicted molar refractivity (Wildman–Crippen MR) is 62.1 cm³/mol. The molecule has 0 aliphatic carbocycles. The lowest BCUT2D eigenvalue weighted by Crippen LogP contribution is -2.18. The van der Waals surface area contributed by atoms with Crippen molar-refractivity contribution in [3.63, 3.8) is 0 Å². The SMILES string of the molecule is O=[N+]([O-])C=C1SCCN1Cc1ccc(F)nc1. The highest BCUT2D eigenvalue weighted by atomic mass is 32.2. The molecule has 1 aromatic rings. The number of hydrogen-bond donors (Lipinski definition) is 0. The summed E-state index contributed by atoms with van der Waals surface area (Å²) in [7, 11) is 0. The summed E-state index contributed by atoms with van der Waals surface area (Å²) in [6.45, 7) is 1.27. The van der Waals surface area contributed by atoms with Gasteiger partial charge in [0.25, 0.3) is 6.20 Å². The van der Waals surface area contributed by atoms with Crippen molar-refractivity contribution < 1.29 is 9.31 Å². The number of pyridine rings is 1. The van der Waals surface area contributed by atoms with Gasteiger partial charge in [0.05, 0.1) is 4.92 Å². The van der Waals surface area contributed by atoms with Gasteiger partial charge in [0.1, 0.15) is 5.03 Å². The Balaban J connectivity index is 2.07. The molecule has 1 aromatic heterocycles. The maximum Gasteiger partial charge on any atom is 0.264 e. The lowest BCUT2D eigenvalue weighted by atomic mass is 10.2. The second kappa shape index (κ2) is 5.13. The number of nitrogens with zero attached hydrogens (tertiary/aromatic N) is 3. The average molecular weight is 255 g/mol. The maximum absolute atomic E-state index is 12.6. The summed E-state index contributed by atoms with van der Waals surface area (Å²) in [5, 5.41) is 11.1. The van der Waals surface area contributed by atoms with Crippen LogP contribution in [0.4, 0.5) is 4.39 Å². The van der Waals surface area contributed by atoms with Gasteiger partial charge in [-0.05, 0) is 11.6 Å². The number of nitro groups is 1. The van der Waals surface area contributed by atoms with Gasteiger partial charge in [-0.1, -0.05) is 6.07 Å². The summed E-state index contributed by atoms with van der Waals surface area (Å²) >= 11 is 1.45. The van der Waals surface area contributed by atoms with Crippen molar-refractivity contribution in [2.24, 2.45) is 0 Å². The molecular formula is C10H10FN3O2S. The minimum absolute atomic E-state index is 0.455. The molecule has 0 atom stereocenters. The van der Waals surface area contributed by atoms with E-state index in [-0.39, 0.29) is 0 Å². The molecule has 1 fully saturated rings. The lowest BCUT2D eigenvalue weighted by molar-refractivity contribution is -0.403. The molecule has 1 saturated heterocycles. The molecule has 0 radical (unpaired) electrons. The first-order valence-electron chi connectivity index (χ1n) is 4.98. The molecule has 0 N–H and O–H groups in total. The minimum Gasteiger partial charge on any atom is -0.356 e. The standard InChI is InChI=1S/C10H10FN3O2S/c11-9-2-1-8(5-12-9)6-13-3-4-17-10(13)7-14(15)16/h1-2,5,7H,3-4,6H2. The van der Waals surface area contributed by atoms with Crippen molar-refractivity contribution in [1.82, 2.24) is 9.88 Å². The Morgan fingerprint density at radius 3 is 3.12 bits per heavy atom. The van der Waals surface area contributed by atoms with Gasteiger partial charge in [-0.2, -0.15) is 4.39 Å². The Hall–Kier alpha value is -1.63. The molecule has 5 nitrogen and oxygen atoms in total. The molecule has 0 unspecified atom stereocenters. The van der Waals surface area contributed by atoms with Crippen molar-refractivity contribution in [2.45, 2.75) is 6.54 Å². The highest BCUT2D eigenvalue weighted by Crippen LogP contribution is 2.28. The fourth-order valence-corrected chi connectivity index (χ4v) is 2.57. The molecule has 1 aliphatic rings. The molecule has 90 valence electrons. The second-order valence-electron chi connectivity index (χ2n) is 3.51. The topological polar surface area (TPSA) is 59.3 Å². The Kier molecular flexibility index (Phi) is 3.58. The van der Waals surface area contributed by atoms with E-state index in [0.717, 1.165) is 24.1 Å². The molecule has 0 aromatic carbocycles. The quantitative estimate of drug-likeness (QED) is 0.468. The zero-order valence-corrected chi connectivity index (χ0v) is 9.69. The second-order valence-corrected chi connectivity index (χ2v) is 4.63. The third-order valence-electron chi connectivity index (χ3n) is 2.30. The number of rotatable bonds is 3. The summed E-state index contributed by atoms with van der Waals surface area (Å²) in [6.07, 6.45) is 2.46. The molecule has 0 amide bonds. The van der Waals surface area contributed by atoms with Gasteiger partial charge in [-0.15, -0.1) is 11.8 Å².